The molecule has 0 radical (unpaired) electrons. The quantitative estimate of drug-likeness (QED) is 0.754. The average Bonchev–Trinajstić information content (AvgIpc) is 2.71. The molecule has 0 N–H and O–H groups in total. The van der Waals surface area contributed by atoms with E-state index in [0.29, 0.717) is 4.90 Å². The zero-order chi connectivity index (χ0) is 15.2. The average molecular weight is 291 g/mol. The van der Waals surface area contributed by atoms with E-state index in [1.165, 1.54) is 24.3 Å². The number of anilines is 1. The van der Waals surface area contributed by atoms with Crippen molar-refractivity contribution in [3.05, 3.63) is 65.2 Å². The third-order valence-electron chi connectivity index (χ3n) is 3.24. The van der Waals surface area contributed by atoms with Gasteiger partial charge in [0.2, 0.25) is 0 Å². The van der Waals surface area contributed by atoms with Crippen molar-refractivity contribution >= 4 is 17.5 Å². The van der Waals surface area contributed by atoms with E-state index >= 15 is 0 Å². The zero-order valence-corrected chi connectivity index (χ0v) is 10.5. The number of benzene rings is 2. The predicted molar refractivity (Wildman–Crippen MR) is 69.0 cm³/mol. The SMILES string of the molecule is O=C1c2ccccc2C(=O)N1c1ccccc1C(F)(F)F. The Morgan fingerprint density at radius 1 is 0.762 bits per heavy atom. The van der Waals surface area contributed by atoms with Gasteiger partial charge in [0.1, 0.15) is 0 Å². The number of rotatable bonds is 1. The van der Waals surface area contributed by atoms with Crippen LogP contribution in [0.5, 0.6) is 0 Å². The Balaban J connectivity index is 2.17. The minimum absolute atomic E-state index is 0.111. The standard InChI is InChI=1S/C15H8F3NO2/c16-15(17,18)11-7-3-4-8-12(11)19-13(20)9-5-1-2-6-10(9)14(19)21/h1-8H. The summed E-state index contributed by atoms with van der Waals surface area (Å²) in [6.07, 6.45) is -4.65. The highest BCUT2D eigenvalue weighted by Crippen LogP contribution is 2.39. The molecule has 0 atom stereocenters. The van der Waals surface area contributed by atoms with E-state index in [4.69, 9.17) is 0 Å². The number of carbonyl (C=O) groups excluding carboxylic acids is 2. The van der Waals surface area contributed by atoms with Gasteiger partial charge in [-0.25, -0.2) is 4.90 Å². The summed E-state index contributed by atoms with van der Waals surface area (Å²) >= 11 is 0. The Morgan fingerprint density at radius 3 is 1.76 bits per heavy atom. The van der Waals surface area contributed by atoms with Crippen molar-refractivity contribution in [2.45, 2.75) is 6.18 Å². The van der Waals surface area contributed by atoms with E-state index in [0.717, 1.165) is 12.1 Å². The van der Waals surface area contributed by atoms with Gasteiger partial charge in [-0.2, -0.15) is 13.2 Å². The fourth-order valence-electron chi connectivity index (χ4n) is 2.32. The summed E-state index contributed by atoms with van der Waals surface area (Å²) in [5.74, 6) is -1.49. The number of imide groups is 1. The van der Waals surface area contributed by atoms with Crippen LogP contribution in [0.1, 0.15) is 26.3 Å². The molecule has 0 bridgehead atoms. The predicted octanol–water partition coefficient (Wildman–Crippen LogP) is 3.51. The summed E-state index contributed by atoms with van der Waals surface area (Å²) < 4.78 is 39.1. The van der Waals surface area contributed by atoms with Crippen LogP contribution in [-0.4, -0.2) is 11.8 Å². The van der Waals surface area contributed by atoms with Gasteiger partial charge in [-0.3, -0.25) is 9.59 Å². The summed E-state index contributed by atoms with van der Waals surface area (Å²) in [5.41, 5.74) is -1.24. The van der Waals surface area contributed by atoms with E-state index in [9.17, 15) is 22.8 Å². The van der Waals surface area contributed by atoms with Crippen LogP contribution >= 0.6 is 0 Å². The summed E-state index contributed by atoms with van der Waals surface area (Å²) in [4.78, 5) is 25.0. The first kappa shape index (κ1) is 13.4. The van der Waals surface area contributed by atoms with Crippen molar-refractivity contribution in [1.82, 2.24) is 0 Å². The van der Waals surface area contributed by atoms with E-state index in [1.807, 2.05) is 0 Å². The smallest absolute Gasteiger partial charge is 0.268 e. The highest BCUT2D eigenvalue weighted by atomic mass is 19.4. The van der Waals surface area contributed by atoms with Gasteiger partial charge in [0.15, 0.2) is 0 Å². The molecule has 3 rings (SSSR count). The molecule has 3 nitrogen and oxygen atoms in total. The van der Waals surface area contributed by atoms with Crippen LogP contribution in [0.25, 0.3) is 0 Å². The summed E-state index contributed by atoms with van der Waals surface area (Å²) in [6, 6.07) is 10.5. The van der Waals surface area contributed by atoms with Crippen LogP contribution in [0.15, 0.2) is 48.5 Å². The highest BCUT2D eigenvalue weighted by molar-refractivity contribution is 6.34. The molecule has 1 heterocycles. The molecule has 106 valence electrons. The Morgan fingerprint density at radius 2 is 1.24 bits per heavy atom. The number of alkyl halides is 3. The van der Waals surface area contributed by atoms with Crippen molar-refractivity contribution in [3.8, 4) is 0 Å². The number of fused-ring (bicyclic) bond motifs is 1. The molecule has 2 aromatic carbocycles. The lowest BCUT2D eigenvalue weighted by atomic mass is 10.1. The Kier molecular flexibility index (Phi) is 2.83. The van der Waals surface area contributed by atoms with Gasteiger partial charge >= 0.3 is 6.18 Å². The van der Waals surface area contributed by atoms with Gasteiger partial charge in [0.05, 0.1) is 22.4 Å². The van der Waals surface area contributed by atoms with Crippen molar-refractivity contribution in [1.29, 1.82) is 0 Å². The largest absolute Gasteiger partial charge is 0.418 e. The van der Waals surface area contributed by atoms with Crippen molar-refractivity contribution in [3.63, 3.8) is 0 Å². The van der Waals surface area contributed by atoms with Crippen LogP contribution in [0.4, 0.5) is 18.9 Å². The molecule has 0 unspecified atom stereocenters. The number of hydrogen-bond acceptors (Lipinski definition) is 2. The molecule has 21 heavy (non-hydrogen) atoms. The maximum absolute atomic E-state index is 13.0. The number of para-hydroxylation sites is 1. The molecule has 0 aromatic heterocycles. The molecular weight excluding hydrogens is 283 g/mol. The van der Waals surface area contributed by atoms with Crippen LogP contribution in [0.2, 0.25) is 0 Å². The molecule has 0 saturated heterocycles. The molecule has 1 aliphatic heterocycles. The second kappa shape index (κ2) is 4.44. The van der Waals surface area contributed by atoms with Crippen molar-refractivity contribution in [2.24, 2.45) is 0 Å². The maximum atomic E-state index is 13.0. The molecule has 0 spiro atoms. The third kappa shape index (κ3) is 1.99. The van der Waals surface area contributed by atoms with Gasteiger partial charge in [0.25, 0.3) is 11.8 Å². The molecule has 6 heteroatoms. The van der Waals surface area contributed by atoms with Gasteiger partial charge in [-0.1, -0.05) is 24.3 Å². The van der Waals surface area contributed by atoms with E-state index in [2.05, 4.69) is 0 Å². The molecule has 0 fully saturated rings. The monoisotopic (exact) mass is 291 g/mol. The second-order valence-corrected chi connectivity index (χ2v) is 4.51. The number of nitrogens with zero attached hydrogens (tertiary/aromatic N) is 1. The molecule has 2 amide bonds. The lowest BCUT2D eigenvalue weighted by Gasteiger charge is -2.19. The zero-order valence-electron chi connectivity index (χ0n) is 10.5. The van der Waals surface area contributed by atoms with E-state index in [-0.39, 0.29) is 11.1 Å². The summed E-state index contributed by atoms with van der Waals surface area (Å²) in [7, 11) is 0. The minimum Gasteiger partial charge on any atom is -0.268 e. The fourth-order valence-corrected chi connectivity index (χ4v) is 2.32. The number of hydrogen-bond donors (Lipinski definition) is 0. The van der Waals surface area contributed by atoms with Gasteiger partial charge < -0.3 is 0 Å². The normalized spacial score (nSPS) is 14.5. The number of amides is 2. The van der Waals surface area contributed by atoms with E-state index in [1.54, 1.807) is 12.1 Å². The van der Waals surface area contributed by atoms with E-state index < -0.39 is 29.2 Å². The summed E-state index contributed by atoms with van der Waals surface area (Å²) in [6.45, 7) is 0. The first-order valence-electron chi connectivity index (χ1n) is 6.05. The second-order valence-electron chi connectivity index (χ2n) is 4.51. The van der Waals surface area contributed by atoms with Crippen molar-refractivity contribution < 1.29 is 22.8 Å². The van der Waals surface area contributed by atoms with Gasteiger partial charge in [0, 0.05) is 0 Å². The first-order chi connectivity index (χ1) is 9.91. The van der Waals surface area contributed by atoms with Crippen LogP contribution in [0.3, 0.4) is 0 Å². The van der Waals surface area contributed by atoms with Gasteiger partial charge in [-0.05, 0) is 24.3 Å². The number of halogens is 3. The lowest BCUT2D eigenvalue weighted by molar-refractivity contribution is -0.137. The van der Waals surface area contributed by atoms with Gasteiger partial charge in [-0.15, -0.1) is 0 Å². The molecule has 1 aliphatic rings. The third-order valence-corrected chi connectivity index (χ3v) is 3.24. The molecule has 0 aliphatic carbocycles. The molecule has 0 saturated carbocycles. The molecular formula is C15H8F3NO2. The minimum atomic E-state index is -4.65. The first-order valence-corrected chi connectivity index (χ1v) is 6.05. The lowest BCUT2D eigenvalue weighted by Crippen LogP contribution is -2.31. The fraction of sp³-hybridized carbons (Fsp3) is 0.0667. The van der Waals surface area contributed by atoms with Crippen LogP contribution in [0, 0.1) is 0 Å². The summed E-state index contributed by atoms with van der Waals surface area (Å²) in [5, 5.41) is 0. The number of carbonyl (C=O) groups is 2. The van der Waals surface area contributed by atoms with Crippen molar-refractivity contribution in [2.75, 3.05) is 4.90 Å². The topological polar surface area (TPSA) is 37.4 Å². The highest BCUT2D eigenvalue weighted by Gasteiger charge is 2.42. The maximum Gasteiger partial charge on any atom is 0.418 e. The van der Waals surface area contributed by atoms with Crippen LogP contribution < -0.4 is 4.90 Å². The Hall–Kier alpha value is -2.63. The van der Waals surface area contributed by atoms with Crippen LogP contribution in [-0.2, 0) is 6.18 Å². The Labute approximate surface area is 117 Å². The molecule has 2 aromatic rings. The Bertz CT molecular complexity index is 718.